The van der Waals surface area contributed by atoms with E-state index in [4.69, 9.17) is 10.2 Å². The zero-order valence-corrected chi connectivity index (χ0v) is 7.93. The fourth-order valence-electron chi connectivity index (χ4n) is 0.928. The molecule has 6 heteroatoms. The number of hydrogen-bond acceptors (Lipinski definition) is 4. The lowest BCUT2D eigenvalue weighted by molar-refractivity contribution is -0.0949. The minimum Gasteiger partial charge on any atom is -0.450 e. The van der Waals surface area contributed by atoms with Crippen LogP contribution in [0, 0.1) is 0 Å². The molecule has 0 aromatic rings. The van der Waals surface area contributed by atoms with Crippen LogP contribution in [0.25, 0.3) is 0 Å². The van der Waals surface area contributed by atoms with Crippen LogP contribution in [0.5, 0.6) is 0 Å². The third kappa shape index (κ3) is 7.20. The molecule has 0 aromatic carbocycles. The van der Waals surface area contributed by atoms with Crippen molar-refractivity contribution in [2.45, 2.75) is 38.9 Å². The van der Waals surface area contributed by atoms with Gasteiger partial charge in [-0.1, -0.05) is 19.8 Å². The summed E-state index contributed by atoms with van der Waals surface area (Å²) in [6.07, 6.45) is -1.53. The zero-order chi connectivity index (χ0) is 11.0. The summed E-state index contributed by atoms with van der Waals surface area (Å²) >= 11 is 0. The lowest BCUT2D eigenvalue weighted by Gasteiger charge is -2.13. The fraction of sp³-hybridized carbons (Fsp3) is 0.750. The van der Waals surface area contributed by atoms with Crippen molar-refractivity contribution >= 4 is 12.3 Å². The highest BCUT2D eigenvalue weighted by Gasteiger charge is 2.17. The molecule has 82 valence electrons. The van der Waals surface area contributed by atoms with E-state index in [-0.39, 0.29) is 6.42 Å². The van der Waals surface area contributed by atoms with Gasteiger partial charge in [0, 0.05) is 6.42 Å². The summed E-state index contributed by atoms with van der Waals surface area (Å²) in [6.45, 7) is 1.98. The number of carboxylic acid groups (broad SMARTS) is 2. The molecular weight excluding hydrogens is 192 g/mol. The molecule has 0 radical (unpaired) electrons. The van der Waals surface area contributed by atoms with Gasteiger partial charge in [-0.3, -0.25) is 0 Å². The summed E-state index contributed by atoms with van der Waals surface area (Å²) in [5.41, 5.74) is 0. The molecule has 0 fully saturated rings. The fourth-order valence-corrected chi connectivity index (χ4v) is 0.928. The number of carbonyl (C=O) groups is 2. The Bertz CT molecular complexity index is 174. The van der Waals surface area contributed by atoms with Crippen molar-refractivity contribution in [2.75, 3.05) is 0 Å². The maximum absolute atomic E-state index is 10.1. The van der Waals surface area contributed by atoms with Crippen LogP contribution in [0.3, 0.4) is 0 Å². The first-order valence-electron chi connectivity index (χ1n) is 4.35. The Labute approximate surface area is 81.4 Å². The second-order valence-corrected chi connectivity index (χ2v) is 2.69. The van der Waals surface area contributed by atoms with Crippen LogP contribution in [0.15, 0.2) is 0 Å². The molecule has 0 aliphatic rings. The van der Waals surface area contributed by atoms with E-state index in [0.717, 1.165) is 12.8 Å². The summed E-state index contributed by atoms with van der Waals surface area (Å²) in [4.78, 5) is 20.3. The lowest BCUT2D eigenvalue weighted by Crippen LogP contribution is -2.23. The van der Waals surface area contributed by atoms with Crippen molar-refractivity contribution < 1.29 is 29.3 Å². The molecule has 0 saturated carbocycles. The van der Waals surface area contributed by atoms with E-state index >= 15 is 0 Å². The normalized spacial score (nSPS) is 9.86. The molecule has 0 saturated heterocycles. The molecule has 2 N–H and O–H groups in total. The topological polar surface area (TPSA) is 93.1 Å². The van der Waals surface area contributed by atoms with E-state index in [2.05, 4.69) is 9.47 Å². The van der Waals surface area contributed by atoms with E-state index in [1.165, 1.54) is 0 Å². The van der Waals surface area contributed by atoms with Crippen LogP contribution in [0.2, 0.25) is 0 Å². The van der Waals surface area contributed by atoms with Gasteiger partial charge in [0.05, 0.1) is 0 Å². The molecule has 0 atom stereocenters. The Morgan fingerprint density at radius 3 is 2.00 bits per heavy atom. The molecule has 0 amide bonds. The third-order valence-corrected chi connectivity index (χ3v) is 1.51. The molecule has 0 heterocycles. The largest absolute Gasteiger partial charge is 0.508 e. The molecule has 0 aliphatic carbocycles. The highest BCUT2D eigenvalue weighted by molar-refractivity contribution is 5.59. The average Bonchev–Trinajstić information content (AvgIpc) is 2.02. The predicted octanol–water partition coefficient (Wildman–Crippen LogP) is 2.28. The minimum atomic E-state index is -1.53. The SMILES string of the molecule is CCCCCC(OC(=O)O)OC(=O)O. The summed E-state index contributed by atoms with van der Waals surface area (Å²) in [5.74, 6) is 0. The maximum Gasteiger partial charge on any atom is 0.508 e. The molecule has 6 nitrogen and oxygen atoms in total. The van der Waals surface area contributed by atoms with Gasteiger partial charge in [0.1, 0.15) is 0 Å². The maximum atomic E-state index is 10.1. The van der Waals surface area contributed by atoms with E-state index in [1.807, 2.05) is 6.92 Å². The highest BCUT2D eigenvalue weighted by Crippen LogP contribution is 2.08. The van der Waals surface area contributed by atoms with E-state index in [9.17, 15) is 9.59 Å². The summed E-state index contributed by atoms with van der Waals surface area (Å²) in [6, 6.07) is 0. The van der Waals surface area contributed by atoms with Crippen LogP contribution >= 0.6 is 0 Å². The Kier molecular flexibility index (Phi) is 6.26. The van der Waals surface area contributed by atoms with Gasteiger partial charge in [0.25, 0.3) is 6.29 Å². The summed E-state index contributed by atoms with van der Waals surface area (Å²) < 4.78 is 8.44. The van der Waals surface area contributed by atoms with Crippen LogP contribution in [-0.4, -0.2) is 28.8 Å². The number of rotatable bonds is 6. The molecular formula is C8H14O6. The zero-order valence-electron chi connectivity index (χ0n) is 7.93. The number of unbranched alkanes of at least 4 members (excludes halogenated alkanes) is 2. The minimum absolute atomic E-state index is 0.256. The van der Waals surface area contributed by atoms with Gasteiger partial charge in [-0.15, -0.1) is 0 Å². The smallest absolute Gasteiger partial charge is 0.450 e. The first-order valence-corrected chi connectivity index (χ1v) is 4.35. The van der Waals surface area contributed by atoms with Crippen molar-refractivity contribution in [3.8, 4) is 0 Å². The quantitative estimate of drug-likeness (QED) is 0.393. The van der Waals surface area contributed by atoms with Crippen LogP contribution in [0.4, 0.5) is 9.59 Å². The molecule has 0 rings (SSSR count). The van der Waals surface area contributed by atoms with Crippen molar-refractivity contribution in [3.05, 3.63) is 0 Å². The first kappa shape index (κ1) is 12.5. The molecule has 0 unspecified atom stereocenters. The van der Waals surface area contributed by atoms with Gasteiger partial charge < -0.3 is 19.7 Å². The Hall–Kier alpha value is -1.46. The number of hydrogen-bond donors (Lipinski definition) is 2. The Morgan fingerprint density at radius 2 is 1.64 bits per heavy atom. The van der Waals surface area contributed by atoms with Crippen molar-refractivity contribution in [2.24, 2.45) is 0 Å². The van der Waals surface area contributed by atoms with Gasteiger partial charge >= 0.3 is 12.3 Å². The summed E-state index contributed by atoms with van der Waals surface area (Å²) in [5, 5.41) is 16.5. The monoisotopic (exact) mass is 206 g/mol. The van der Waals surface area contributed by atoms with Gasteiger partial charge in [-0.05, 0) is 6.42 Å². The molecule has 0 bridgehead atoms. The standard InChI is InChI=1S/C8H14O6/c1-2-3-4-5-6(13-7(9)10)14-8(11)12/h6H,2-5H2,1H3,(H,9,10)(H,11,12). The number of ether oxygens (including phenoxy) is 2. The Balaban J connectivity index is 3.84. The lowest BCUT2D eigenvalue weighted by atomic mass is 10.2. The van der Waals surface area contributed by atoms with E-state index in [1.54, 1.807) is 0 Å². The van der Waals surface area contributed by atoms with Gasteiger partial charge in [0.2, 0.25) is 0 Å². The van der Waals surface area contributed by atoms with Crippen molar-refractivity contribution in [1.29, 1.82) is 0 Å². The highest BCUT2D eigenvalue weighted by atomic mass is 16.8. The predicted molar refractivity (Wildman–Crippen MR) is 46.1 cm³/mol. The van der Waals surface area contributed by atoms with E-state index < -0.39 is 18.6 Å². The summed E-state index contributed by atoms with van der Waals surface area (Å²) in [7, 11) is 0. The third-order valence-electron chi connectivity index (χ3n) is 1.51. The second-order valence-electron chi connectivity index (χ2n) is 2.69. The average molecular weight is 206 g/mol. The molecule has 0 aliphatic heterocycles. The van der Waals surface area contributed by atoms with Crippen molar-refractivity contribution in [1.82, 2.24) is 0 Å². The van der Waals surface area contributed by atoms with Gasteiger partial charge in [-0.2, -0.15) is 0 Å². The van der Waals surface area contributed by atoms with E-state index in [0.29, 0.717) is 6.42 Å². The molecule has 14 heavy (non-hydrogen) atoms. The second kappa shape index (κ2) is 6.99. The Morgan fingerprint density at radius 1 is 1.14 bits per heavy atom. The molecule has 0 spiro atoms. The first-order chi connectivity index (χ1) is 6.56. The van der Waals surface area contributed by atoms with Crippen LogP contribution in [-0.2, 0) is 9.47 Å². The van der Waals surface area contributed by atoms with Crippen LogP contribution < -0.4 is 0 Å². The molecule has 0 aromatic heterocycles. The van der Waals surface area contributed by atoms with Crippen LogP contribution in [0.1, 0.15) is 32.6 Å². The van der Waals surface area contributed by atoms with Gasteiger partial charge in [-0.25, -0.2) is 9.59 Å². The van der Waals surface area contributed by atoms with Crippen molar-refractivity contribution in [3.63, 3.8) is 0 Å². The van der Waals surface area contributed by atoms with Gasteiger partial charge in [0.15, 0.2) is 0 Å².